The Morgan fingerprint density at radius 3 is 2.56 bits per heavy atom. The molecular formula is C19H18Cl2N2O4. The third kappa shape index (κ3) is 4.12. The highest BCUT2D eigenvalue weighted by molar-refractivity contribution is 6.32. The van der Waals surface area contributed by atoms with Crippen LogP contribution in [0.1, 0.15) is 6.42 Å². The lowest BCUT2D eigenvalue weighted by atomic mass is 10.1. The molecule has 2 aromatic carbocycles. The molecule has 1 fully saturated rings. The zero-order valence-electron chi connectivity index (χ0n) is 14.8. The Labute approximate surface area is 167 Å². The third-order valence-corrected chi connectivity index (χ3v) is 4.86. The molecular weight excluding hydrogens is 391 g/mol. The second kappa shape index (κ2) is 8.06. The van der Waals surface area contributed by atoms with E-state index >= 15 is 0 Å². The number of carbonyl (C=O) groups is 2. The number of benzene rings is 2. The Kier molecular flexibility index (Phi) is 5.77. The van der Waals surface area contributed by atoms with Gasteiger partial charge in [-0.1, -0.05) is 29.3 Å². The highest BCUT2D eigenvalue weighted by Crippen LogP contribution is 2.40. The molecule has 142 valence electrons. The minimum atomic E-state index is -0.498. The molecule has 1 saturated heterocycles. The first kappa shape index (κ1) is 19.3. The normalized spacial score (nSPS) is 16.4. The molecule has 1 heterocycles. The zero-order valence-corrected chi connectivity index (χ0v) is 16.3. The van der Waals surface area contributed by atoms with Crippen LogP contribution in [0.4, 0.5) is 11.4 Å². The number of methoxy groups -OCH3 is 2. The summed E-state index contributed by atoms with van der Waals surface area (Å²) < 4.78 is 10.5. The summed E-state index contributed by atoms with van der Waals surface area (Å²) in [5, 5.41) is 3.67. The number of ether oxygens (including phenoxy) is 2. The molecule has 0 aliphatic carbocycles. The summed E-state index contributed by atoms with van der Waals surface area (Å²) in [6.07, 6.45) is 0.0964. The van der Waals surface area contributed by atoms with Gasteiger partial charge in [0.25, 0.3) is 0 Å². The van der Waals surface area contributed by atoms with E-state index in [1.165, 1.54) is 19.1 Å². The predicted octanol–water partition coefficient (Wildman–Crippen LogP) is 4.00. The monoisotopic (exact) mass is 408 g/mol. The number of anilines is 2. The summed E-state index contributed by atoms with van der Waals surface area (Å²) in [5.74, 6) is -0.0332. The molecule has 3 rings (SSSR count). The van der Waals surface area contributed by atoms with E-state index in [1.807, 2.05) is 0 Å². The predicted molar refractivity (Wildman–Crippen MR) is 105 cm³/mol. The summed E-state index contributed by atoms with van der Waals surface area (Å²) in [6, 6.07) is 10.1. The molecule has 6 nitrogen and oxygen atoms in total. The lowest BCUT2D eigenvalue weighted by Crippen LogP contribution is -2.28. The Bertz CT molecular complexity index is 888. The first-order chi connectivity index (χ1) is 12.9. The van der Waals surface area contributed by atoms with Crippen molar-refractivity contribution in [3.8, 4) is 11.5 Å². The quantitative estimate of drug-likeness (QED) is 0.811. The number of nitrogens with one attached hydrogen (secondary N) is 1. The lowest BCUT2D eigenvalue weighted by molar-refractivity contribution is -0.122. The molecule has 0 radical (unpaired) electrons. The van der Waals surface area contributed by atoms with Crippen molar-refractivity contribution in [3.63, 3.8) is 0 Å². The number of amides is 2. The van der Waals surface area contributed by atoms with Gasteiger partial charge in [0.2, 0.25) is 11.8 Å². The number of nitrogens with zero attached hydrogens (tertiary/aromatic N) is 1. The first-order valence-corrected chi connectivity index (χ1v) is 8.97. The van der Waals surface area contributed by atoms with Crippen molar-refractivity contribution < 1.29 is 19.1 Å². The van der Waals surface area contributed by atoms with Crippen LogP contribution in [-0.2, 0) is 9.59 Å². The number of hydrogen-bond acceptors (Lipinski definition) is 4. The van der Waals surface area contributed by atoms with Gasteiger partial charge in [-0.3, -0.25) is 9.59 Å². The van der Waals surface area contributed by atoms with E-state index in [9.17, 15) is 9.59 Å². The number of halogens is 2. The van der Waals surface area contributed by atoms with E-state index < -0.39 is 5.92 Å². The SMILES string of the molecule is COc1cc(OC)c(N2C[C@H](C(=O)Nc3cccc(Cl)c3)CC2=O)cc1Cl. The van der Waals surface area contributed by atoms with Crippen LogP contribution in [0.15, 0.2) is 36.4 Å². The van der Waals surface area contributed by atoms with Gasteiger partial charge in [-0.05, 0) is 24.3 Å². The van der Waals surface area contributed by atoms with Crippen molar-refractivity contribution in [1.29, 1.82) is 0 Å². The fourth-order valence-corrected chi connectivity index (χ4v) is 3.41. The van der Waals surface area contributed by atoms with E-state index in [1.54, 1.807) is 36.4 Å². The van der Waals surface area contributed by atoms with Gasteiger partial charge in [0.05, 0.1) is 30.8 Å². The van der Waals surface area contributed by atoms with Crippen LogP contribution in [0.25, 0.3) is 0 Å². The van der Waals surface area contributed by atoms with Crippen molar-refractivity contribution in [1.82, 2.24) is 0 Å². The first-order valence-electron chi connectivity index (χ1n) is 8.21. The topological polar surface area (TPSA) is 67.9 Å². The molecule has 0 aromatic heterocycles. The average molecular weight is 409 g/mol. The average Bonchev–Trinajstić information content (AvgIpc) is 3.03. The highest BCUT2D eigenvalue weighted by Gasteiger charge is 2.36. The lowest BCUT2D eigenvalue weighted by Gasteiger charge is -2.21. The minimum Gasteiger partial charge on any atom is -0.495 e. The van der Waals surface area contributed by atoms with Crippen molar-refractivity contribution in [2.45, 2.75) is 6.42 Å². The van der Waals surface area contributed by atoms with Crippen molar-refractivity contribution in [2.24, 2.45) is 5.92 Å². The van der Waals surface area contributed by atoms with E-state index in [4.69, 9.17) is 32.7 Å². The molecule has 0 unspecified atom stereocenters. The smallest absolute Gasteiger partial charge is 0.229 e. The van der Waals surface area contributed by atoms with Gasteiger partial charge in [0, 0.05) is 29.7 Å². The number of rotatable bonds is 5. The molecule has 0 saturated carbocycles. The van der Waals surface area contributed by atoms with Crippen molar-refractivity contribution in [3.05, 3.63) is 46.4 Å². The van der Waals surface area contributed by atoms with Crippen LogP contribution < -0.4 is 19.7 Å². The van der Waals surface area contributed by atoms with Crippen molar-refractivity contribution >= 4 is 46.4 Å². The fraction of sp³-hybridized carbons (Fsp3) is 0.263. The maximum Gasteiger partial charge on any atom is 0.229 e. The van der Waals surface area contributed by atoms with E-state index in [-0.39, 0.29) is 24.8 Å². The maximum atomic E-state index is 12.6. The van der Waals surface area contributed by atoms with Gasteiger partial charge >= 0.3 is 0 Å². The maximum absolute atomic E-state index is 12.6. The van der Waals surface area contributed by atoms with Crippen LogP contribution in [0.2, 0.25) is 10.0 Å². The molecule has 1 aliphatic rings. The van der Waals surface area contributed by atoms with Gasteiger partial charge in [-0.25, -0.2) is 0 Å². The summed E-state index contributed by atoms with van der Waals surface area (Å²) in [4.78, 5) is 26.6. The van der Waals surface area contributed by atoms with Crippen molar-refractivity contribution in [2.75, 3.05) is 31.0 Å². The van der Waals surface area contributed by atoms with Crippen LogP contribution in [0, 0.1) is 5.92 Å². The standard InChI is InChI=1S/C19H18Cl2N2O4/c1-26-16-9-17(27-2)15(8-14(16)21)23-10-11(6-18(23)24)19(25)22-13-5-3-4-12(20)7-13/h3-5,7-9,11H,6,10H2,1-2H3,(H,22,25)/t11-/m1/s1. The van der Waals surface area contributed by atoms with E-state index in [0.717, 1.165) is 0 Å². The summed E-state index contributed by atoms with van der Waals surface area (Å²) >= 11 is 12.1. The van der Waals surface area contributed by atoms with Gasteiger partial charge in [-0.2, -0.15) is 0 Å². The second-order valence-corrected chi connectivity index (χ2v) is 6.91. The van der Waals surface area contributed by atoms with E-state index in [2.05, 4.69) is 5.32 Å². The molecule has 0 bridgehead atoms. The van der Waals surface area contributed by atoms with Gasteiger partial charge < -0.3 is 19.7 Å². The fourth-order valence-electron chi connectivity index (χ4n) is 2.98. The summed E-state index contributed by atoms with van der Waals surface area (Å²) in [6.45, 7) is 0.226. The molecule has 1 aliphatic heterocycles. The minimum absolute atomic E-state index is 0.0964. The molecule has 27 heavy (non-hydrogen) atoms. The van der Waals surface area contributed by atoms with Gasteiger partial charge in [-0.15, -0.1) is 0 Å². The molecule has 1 N–H and O–H groups in total. The molecule has 0 spiro atoms. The van der Waals surface area contributed by atoms with Crippen LogP contribution in [-0.4, -0.2) is 32.6 Å². The molecule has 1 atom stereocenters. The Morgan fingerprint density at radius 2 is 1.89 bits per heavy atom. The third-order valence-electron chi connectivity index (χ3n) is 4.33. The molecule has 2 amide bonds. The largest absolute Gasteiger partial charge is 0.495 e. The molecule has 8 heteroatoms. The summed E-state index contributed by atoms with van der Waals surface area (Å²) in [7, 11) is 2.99. The second-order valence-electron chi connectivity index (χ2n) is 6.06. The van der Waals surface area contributed by atoms with Gasteiger partial charge in [0.15, 0.2) is 0 Å². The summed E-state index contributed by atoms with van der Waals surface area (Å²) in [5.41, 5.74) is 1.09. The van der Waals surface area contributed by atoms with Gasteiger partial charge in [0.1, 0.15) is 11.5 Å². The Morgan fingerprint density at radius 1 is 1.15 bits per heavy atom. The van der Waals surface area contributed by atoms with E-state index in [0.29, 0.717) is 32.9 Å². The zero-order chi connectivity index (χ0) is 19.6. The molecule has 2 aromatic rings. The number of hydrogen-bond donors (Lipinski definition) is 1. The number of carbonyl (C=O) groups excluding carboxylic acids is 2. The van der Waals surface area contributed by atoms with Crippen LogP contribution in [0.5, 0.6) is 11.5 Å². The highest BCUT2D eigenvalue weighted by atomic mass is 35.5. The van der Waals surface area contributed by atoms with Crippen LogP contribution >= 0.6 is 23.2 Å². The van der Waals surface area contributed by atoms with Crippen LogP contribution in [0.3, 0.4) is 0 Å². The Balaban J connectivity index is 1.79. The Hall–Kier alpha value is -2.44.